The third-order valence-corrected chi connectivity index (χ3v) is 4.91. The first-order chi connectivity index (χ1) is 15.0. The number of ketones is 1. The van der Waals surface area contributed by atoms with Crippen molar-refractivity contribution < 1.29 is 9.59 Å². The molecule has 3 aromatic carbocycles. The summed E-state index contributed by atoms with van der Waals surface area (Å²) in [4.78, 5) is 26.2. The first-order valence-electron chi connectivity index (χ1n) is 9.53. The molecule has 1 atom stereocenters. The van der Waals surface area contributed by atoms with E-state index in [-0.39, 0.29) is 11.7 Å². The van der Waals surface area contributed by atoms with Crippen LogP contribution in [0.5, 0.6) is 0 Å². The molecule has 0 aliphatic rings. The van der Waals surface area contributed by atoms with E-state index in [1.54, 1.807) is 48.5 Å². The van der Waals surface area contributed by atoms with E-state index in [4.69, 9.17) is 11.6 Å². The fourth-order valence-corrected chi connectivity index (χ4v) is 3.23. The monoisotopic (exact) mass is 431 g/mol. The third kappa shape index (κ3) is 4.67. The minimum absolute atomic E-state index is 0.0822. The molecule has 0 aliphatic heterocycles. The van der Waals surface area contributed by atoms with Crippen molar-refractivity contribution >= 4 is 29.0 Å². The molecule has 1 amide bonds. The summed E-state index contributed by atoms with van der Waals surface area (Å²) in [5.74, 6) is -0.0582. The lowest BCUT2D eigenvalue weighted by Gasteiger charge is -2.16. The summed E-state index contributed by atoms with van der Waals surface area (Å²) in [7, 11) is 0. The van der Waals surface area contributed by atoms with Crippen LogP contribution in [0.25, 0.3) is 11.4 Å². The zero-order valence-corrected chi connectivity index (χ0v) is 17.3. The number of Topliss-reactive ketones (excluding diaryl/α,β-unsaturated/α-hetero) is 1. The van der Waals surface area contributed by atoms with Gasteiger partial charge in [0.1, 0.15) is 0 Å². The first-order valence-corrected chi connectivity index (χ1v) is 9.91. The topological polar surface area (TPSA) is 89.8 Å². The highest BCUT2D eigenvalue weighted by Crippen LogP contribution is 2.22. The van der Waals surface area contributed by atoms with Crippen molar-refractivity contribution in [3.8, 4) is 11.4 Å². The number of hydrogen-bond acceptors (Lipinski definition) is 5. The lowest BCUT2D eigenvalue weighted by molar-refractivity contribution is -0.118. The molecule has 7 nitrogen and oxygen atoms in total. The standard InChI is InChI=1S/C23H18ClN5O2/c1-15(30)18-8-5-9-20(14-18)25-23(31)21(16-6-3-2-4-7-16)29-27-22(26-28-29)17-10-12-19(24)13-11-17/h2-14,21H,1H3,(H,25,31)/t21-/m0/s1. The van der Waals surface area contributed by atoms with Crippen molar-refractivity contribution in [2.24, 2.45) is 0 Å². The van der Waals surface area contributed by atoms with Crippen molar-refractivity contribution in [2.45, 2.75) is 13.0 Å². The van der Waals surface area contributed by atoms with E-state index in [0.717, 1.165) is 5.56 Å². The fourth-order valence-electron chi connectivity index (χ4n) is 3.10. The summed E-state index contributed by atoms with van der Waals surface area (Å²) < 4.78 is 0. The molecule has 0 fully saturated rings. The zero-order valence-electron chi connectivity index (χ0n) is 16.6. The van der Waals surface area contributed by atoms with Gasteiger partial charge in [-0.25, -0.2) is 0 Å². The summed E-state index contributed by atoms with van der Waals surface area (Å²) in [5.41, 5.74) is 2.45. The van der Waals surface area contributed by atoms with E-state index in [1.165, 1.54) is 11.7 Å². The number of carbonyl (C=O) groups is 2. The van der Waals surface area contributed by atoms with Gasteiger partial charge in [-0.15, -0.1) is 15.0 Å². The third-order valence-electron chi connectivity index (χ3n) is 4.66. The Morgan fingerprint density at radius 2 is 1.71 bits per heavy atom. The Morgan fingerprint density at radius 3 is 2.42 bits per heavy atom. The second-order valence-electron chi connectivity index (χ2n) is 6.88. The largest absolute Gasteiger partial charge is 0.324 e. The van der Waals surface area contributed by atoms with Crippen molar-refractivity contribution in [3.63, 3.8) is 0 Å². The van der Waals surface area contributed by atoms with Crippen LogP contribution in [0.15, 0.2) is 78.9 Å². The van der Waals surface area contributed by atoms with Gasteiger partial charge in [-0.1, -0.05) is 54.1 Å². The second kappa shape index (κ2) is 8.89. The van der Waals surface area contributed by atoms with E-state index in [1.807, 2.05) is 30.3 Å². The molecular weight excluding hydrogens is 414 g/mol. The predicted molar refractivity (Wildman–Crippen MR) is 118 cm³/mol. The summed E-state index contributed by atoms with van der Waals surface area (Å²) in [6.45, 7) is 1.48. The summed E-state index contributed by atoms with van der Waals surface area (Å²) >= 11 is 5.95. The summed E-state index contributed by atoms with van der Waals surface area (Å²) in [5, 5.41) is 16.1. The number of rotatable bonds is 6. The Hall–Kier alpha value is -3.84. The van der Waals surface area contributed by atoms with Crippen molar-refractivity contribution in [1.82, 2.24) is 20.2 Å². The van der Waals surface area contributed by atoms with E-state index >= 15 is 0 Å². The zero-order chi connectivity index (χ0) is 21.8. The van der Waals surface area contributed by atoms with Crippen LogP contribution in [-0.4, -0.2) is 31.9 Å². The second-order valence-corrected chi connectivity index (χ2v) is 7.32. The predicted octanol–water partition coefficient (Wildman–Crippen LogP) is 4.42. The quantitative estimate of drug-likeness (QED) is 0.456. The molecule has 0 unspecified atom stereocenters. The Kier molecular flexibility index (Phi) is 5.86. The minimum Gasteiger partial charge on any atom is -0.324 e. The Bertz CT molecular complexity index is 1220. The number of nitrogens with one attached hydrogen (secondary N) is 1. The molecule has 0 aliphatic carbocycles. The average Bonchev–Trinajstić information content (AvgIpc) is 3.25. The van der Waals surface area contributed by atoms with Crippen LogP contribution in [-0.2, 0) is 4.79 Å². The average molecular weight is 432 g/mol. The summed E-state index contributed by atoms with van der Waals surface area (Å²) in [6, 6.07) is 22.1. The highest BCUT2D eigenvalue weighted by atomic mass is 35.5. The molecule has 31 heavy (non-hydrogen) atoms. The molecule has 0 radical (unpaired) electrons. The number of amides is 1. The van der Waals surface area contributed by atoms with Crippen molar-refractivity contribution in [1.29, 1.82) is 0 Å². The van der Waals surface area contributed by atoms with Crippen LogP contribution in [0, 0.1) is 0 Å². The normalized spacial score (nSPS) is 11.7. The van der Waals surface area contributed by atoms with Crippen LogP contribution >= 0.6 is 11.6 Å². The van der Waals surface area contributed by atoms with Gasteiger partial charge in [0.15, 0.2) is 11.8 Å². The van der Waals surface area contributed by atoms with Crippen LogP contribution in [0.4, 0.5) is 5.69 Å². The van der Waals surface area contributed by atoms with E-state index in [2.05, 4.69) is 20.7 Å². The number of nitrogens with zero attached hydrogens (tertiary/aromatic N) is 4. The van der Waals surface area contributed by atoms with Crippen molar-refractivity contribution in [3.05, 3.63) is 95.0 Å². The van der Waals surface area contributed by atoms with Gasteiger partial charge in [0.2, 0.25) is 5.82 Å². The highest BCUT2D eigenvalue weighted by Gasteiger charge is 2.26. The molecule has 1 N–H and O–H groups in total. The molecular formula is C23H18ClN5O2. The number of tetrazole rings is 1. The molecule has 4 aromatic rings. The molecule has 0 spiro atoms. The van der Waals surface area contributed by atoms with Crippen LogP contribution in [0.2, 0.25) is 5.02 Å². The van der Waals surface area contributed by atoms with Gasteiger partial charge in [-0.2, -0.15) is 0 Å². The van der Waals surface area contributed by atoms with Gasteiger partial charge in [-0.3, -0.25) is 9.59 Å². The van der Waals surface area contributed by atoms with Gasteiger partial charge in [0.05, 0.1) is 0 Å². The molecule has 4 rings (SSSR count). The highest BCUT2D eigenvalue weighted by molar-refractivity contribution is 6.30. The van der Waals surface area contributed by atoms with Gasteiger partial charge >= 0.3 is 0 Å². The van der Waals surface area contributed by atoms with E-state index in [9.17, 15) is 9.59 Å². The van der Waals surface area contributed by atoms with Gasteiger partial charge in [0, 0.05) is 21.8 Å². The number of hydrogen-bond donors (Lipinski definition) is 1. The number of anilines is 1. The first kappa shape index (κ1) is 20.4. The van der Waals surface area contributed by atoms with E-state index in [0.29, 0.717) is 27.7 Å². The Morgan fingerprint density at radius 1 is 0.968 bits per heavy atom. The minimum atomic E-state index is -0.851. The van der Waals surface area contributed by atoms with Gasteiger partial charge < -0.3 is 5.32 Å². The smallest absolute Gasteiger partial charge is 0.255 e. The molecule has 0 bridgehead atoms. The molecule has 1 heterocycles. The number of aromatic nitrogens is 4. The van der Waals surface area contributed by atoms with Crippen LogP contribution in [0.3, 0.4) is 0 Å². The fraction of sp³-hybridized carbons (Fsp3) is 0.0870. The van der Waals surface area contributed by atoms with Crippen molar-refractivity contribution in [2.75, 3.05) is 5.32 Å². The lowest BCUT2D eigenvalue weighted by atomic mass is 10.1. The SMILES string of the molecule is CC(=O)c1cccc(NC(=O)[C@H](c2ccccc2)n2nnc(-c3ccc(Cl)cc3)n2)c1. The lowest BCUT2D eigenvalue weighted by Crippen LogP contribution is -2.28. The van der Waals surface area contributed by atoms with Crippen LogP contribution in [0.1, 0.15) is 28.9 Å². The van der Waals surface area contributed by atoms with E-state index < -0.39 is 6.04 Å². The Balaban J connectivity index is 1.67. The molecule has 0 saturated heterocycles. The van der Waals surface area contributed by atoms with Crippen LogP contribution < -0.4 is 5.32 Å². The maximum Gasteiger partial charge on any atom is 0.255 e. The molecule has 8 heteroatoms. The number of benzene rings is 3. The molecule has 1 aromatic heterocycles. The number of halogens is 1. The summed E-state index contributed by atoms with van der Waals surface area (Å²) in [6.07, 6.45) is 0. The Labute approximate surface area is 183 Å². The molecule has 154 valence electrons. The maximum absolute atomic E-state index is 13.2. The van der Waals surface area contributed by atoms with Gasteiger partial charge in [0.25, 0.3) is 5.91 Å². The maximum atomic E-state index is 13.2. The van der Waals surface area contributed by atoms with Gasteiger partial charge in [-0.05, 0) is 54.1 Å². The molecule has 0 saturated carbocycles. The number of carbonyl (C=O) groups excluding carboxylic acids is 2.